The summed E-state index contributed by atoms with van der Waals surface area (Å²) in [6, 6.07) is -1.17. The zero-order valence-corrected chi connectivity index (χ0v) is 4.17. The molecule has 0 aliphatic rings. The molecule has 44 valence electrons. The van der Waals surface area contributed by atoms with Crippen molar-refractivity contribution < 1.29 is 9.18 Å². The minimum atomic E-state index is -1.65. The Morgan fingerprint density at radius 1 is 1.88 bits per heavy atom. The molecular weight excluding hydrogens is 109 g/mol. The second-order valence-electron chi connectivity index (χ2n) is 1.28. The van der Waals surface area contributed by atoms with Crippen molar-refractivity contribution in [2.24, 2.45) is 5.73 Å². The predicted octanol–water partition coefficient (Wildman–Crippen LogP) is -0.516. The maximum absolute atomic E-state index is 11.9. The number of rotatable bonds is 2. The summed E-state index contributed by atoms with van der Waals surface area (Å²) >= 11 is 0. The van der Waals surface area contributed by atoms with Gasteiger partial charge in [-0.15, -0.1) is 6.42 Å². The lowest BCUT2D eigenvalue weighted by Gasteiger charge is -2.00. The third kappa shape index (κ3) is 1.71. The van der Waals surface area contributed by atoms with Gasteiger partial charge in [0.1, 0.15) is 12.3 Å². The highest BCUT2D eigenvalue weighted by Crippen LogP contribution is 1.89. The Kier molecular flexibility index (Phi) is 2.82. The third-order valence-electron chi connectivity index (χ3n) is 0.654. The van der Waals surface area contributed by atoms with Gasteiger partial charge in [0.25, 0.3) is 0 Å². The average Bonchev–Trinajstić information content (AvgIpc) is 1.84. The molecule has 0 rings (SSSR count). The number of alkyl halides is 1. The van der Waals surface area contributed by atoms with Crippen molar-refractivity contribution in [1.29, 1.82) is 0 Å². The number of halogens is 1. The lowest BCUT2D eigenvalue weighted by atomic mass is 10.2. The highest BCUT2D eigenvalue weighted by Gasteiger charge is 2.10. The Morgan fingerprint density at radius 2 is 2.38 bits per heavy atom. The molecule has 0 amide bonds. The normalized spacial score (nSPS) is 16.1. The summed E-state index contributed by atoms with van der Waals surface area (Å²) in [5.74, 6) is 1.69. The maximum atomic E-state index is 11.9. The Morgan fingerprint density at radius 3 is 2.50 bits per heavy atom. The fourth-order valence-corrected chi connectivity index (χ4v) is 0.180. The number of carbonyl (C=O) groups excluding carboxylic acids is 1. The van der Waals surface area contributed by atoms with Crippen LogP contribution >= 0.6 is 0 Å². The summed E-state index contributed by atoms with van der Waals surface area (Å²) in [6.07, 6.45) is 3.22. The highest BCUT2D eigenvalue weighted by molar-refractivity contribution is 5.59. The molecular formula is C5H6FNO. The van der Waals surface area contributed by atoms with Crippen molar-refractivity contribution in [2.45, 2.75) is 12.2 Å². The smallest absolute Gasteiger partial charge is 0.182 e. The van der Waals surface area contributed by atoms with Gasteiger partial charge in [0.05, 0.1) is 0 Å². The van der Waals surface area contributed by atoms with Crippen LogP contribution in [0.1, 0.15) is 0 Å². The predicted molar refractivity (Wildman–Crippen MR) is 27.8 cm³/mol. The van der Waals surface area contributed by atoms with E-state index in [-0.39, 0.29) is 6.29 Å². The topological polar surface area (TPSA) is 43.1 Å². The van der Waals surface area contributed by atoms with Gasteiger partial charge in [-0.05, 0) is 0 Å². The number of terminal acetylenes is 1. The third-order valence-corrected chi connectivity index (χ3v) is 0.654. The van der Waals surface area contributed by atoms with Gasteiger partial charge in [0, 0.05) is 0 Å². The van der Waals surface area contributed by atoms with Crippen LogP contribution in [0.5, 0.6) is 0 Å². The van der Waals surface area contributed by atoms with Crippen LogP contribution < -0.4 is 5.73 Å². The van der Waals surface area contributed by atoms with Gasteiger partial charge < -0.3 is 10.5 Å². The molecule has 2 N–H and O–H groups in total. The molecule has 0 bridgehead atoms. The first-order valence-electron chi connectivity index (χ1n) is 2.03. The van der Waals surface area contributed by atoms with Crippen molar-refractivity contribution in [3.8, 4) is 12.3 Å². The van der Waals surface area contributed by atoms with Gasteiger partial charge in [-0.25, -0.2) is 4.39 Å². The van der Waals surface area contributed by atoms with Crippen LogP contribution in [-0.4, -0.2) is 18.5 Å². The summed E-state index contributed by atoms with van der Waals surface area (Å²) in [6.45, 7) is 0. The SMILES string of the molecule is C#CC(F)[C@@H](N)C=O. The van der Waals surface area contributed by atoms with E-state index in [4.69, 9.17) is 5.73 Å². The number of hydrogen-bond donors (Lipinski definition) is 1. The highest BCUT2D eigenvalue weighted by atomic mass is 19.1. The van der Waals surface area contributed by atoms with E-state index in [0.29, 0.717) is 0 Å². The van der Waals surface area contributed by atoms with Crippen LogP contribution in [0.4, 0.5) is 4.39 Å². The fraction of sp³-hybridized carbons (Fsp3) is 0.400. The molecule has 3 heteroatoms. The second-order valence-corrected chi connectivity index (χ2v) is 1.28. The van der Waals surface area contributed by atoms with Crippen LogP contribution in [0.15, 0.2) is 0 Å². The van der Waals surface area contributed by atoms with Gasteiger partial charge in [-0.1, -0.05) is 5.92 Å². The van der Waals surface area contributed by atoms with E-state index in [1.54, 1.807) is 5.92 Å². The molecule has 0 aromatic carbocycles. The van der Waals surface area contributed by atoms with E-state index in [1.807, 2.05) is 0 Å². The van der Waals surface area contributed by atoms with Gasteiger partial charge >= 0.3 is 0 Å². The average molecular weight is 115 g/mol. The minimum Gasteiger partial charge on any atom is -0.318 e. The number of hydrogen-bond acceptors (Lipinski definition) is 2. The Hall–Kier alpha value is -0.880. The second kappa shape index (κ2) is 3.16. The van der Waals surface area contributed by atoms with E-state index in [0.717, 1.165) is 0 Å². The molecule has 0 aromatic heterocycles. The van der Waals surface area contributed by atoms with Gasteiger partial charge in [0.2, 0.25) is 0 Å². The van der Waals surface area contributed by atoms with Crippen LogP contribution in [0.3, 0.4) is 0 Å². The summed E-state index contributed by atoms with van der Waals surface area (Å²) in [5, 5.41) is 0. The van der Waals surface area contributed by atoms with Crippen LogP contribution in [0.25, 0.3) is 0 Å². The monoisotopic (exact) mass is 115 g/mol. The summed E-state index contributed by atoms with van der Waals surface area (Å²) < 4.78 is 11.9. The number of carbonyl (C=O) groups is 1. The van der Waals surface area contributed by atoms with E-state index in [2.05, 4.69) is 6.42 Å². The largest absolute Gasteiger partial charge is 0.318 e. The quantitative estimate of drug-likeness (QED) is 0.389. The van der Waals surface area contributed by atoms with Crippen molar-refractivity contribution in [2.75, 3.05) is 0 Å². The molecule has 2 nitrogen and oxygen atoms in total. The molecule has 0 aromatic rings. The fourth-order valence-electron chi connectivity index (χ4n) is 0.180. The van der Waals surface area contributed by atoms with Crippen LogP contribution in [-0.2, 0) is 4.79 Å². The lowest BCUT2D eigenvalue weighted by Crippen LogP contribution is -2.31. The molecule has 0 fully saturated rings. The zero-order valence-electron chi connectivity index (χ0n) is 4.17. The molecule has 0 aliphatic heterocycles. The van der Waals surface area contributed by atoms with Crippen molar-refractivity contribution >= 4 is 6.29 Å². The van der Waals surface area contributed by atoms with Crippen molar-refractivity contribution in [3.05, 3.63) is 0 Å². The van der Waals surface area contributed by atoms with Crippen LogP contribution in [0, 0.1) is 12.3 Å². The summed E-state index contributed by atoms with van der Waals surface area (Å²) in [7, 11) is 0. The molecule has 1 unspecified atom stereocenters. The maximum Gasteiger partial charge on any atom is 0.182 e. The summed E-state index contributed by atoms with van der Waals surface area (Å²) in [4.78, 5) is 9.64. The standard InChI is InChI=1S/C5H6FNO/c1-2-4(6)5(7)3-8/h1,3-5H,7H2/t4?,5-/m0/s1. The van der Waals surface area contributed by atoms with E-state index in [1.165, 1.54) is 0 Å². The Labute approximate surface area is 46.9 Å². The van der Waals surface area contributed by atoms with Crippen molar-refractivity contribution in [3.63, 3.8) is 0 Å². The lowest BCUT2D eigenvalue weighted by molar-refractivity contribution is -0.109. The first-order chi connectivity index (χ1) is 3.72. The Bertz CT molecular complexity index is 118. The first kappa shape index (κ1) is 7.12. The van der Waals surface area contributed by atoms with Crippen LogP contribution in [0.2, 0.25) is 0 Å². The number of nitrogens with two attached hydrogens (primary N) is 1. The molecule has 0 heterocycles. The van der Waals surface area contributed by atoms with Gasteiger partial charge in [-0.3, -0.25) is 0 Å². The van der Waals surface area contributed by atoms with E-state index < -0.39 is 12.2 Å². The molecule has 2 atom stereocenters. The van der Waals surface area contributed by atoms with Gasteiger partial charge in [-0.2, -0.15) is 0 Å². The van der Waals surface area contributed by atoms with E-state index in [9.17, 15) is 9.18 Å². The van der Waals surface area contributed by atoms with E-state index >= 15 is 0 Å². The molecule has 0 radical (unpaired) electrons. The zero-order chi connectivity index (χ0) is 6.57. The number of aldehydes is 1. The molecule has 0 saturated carbocycles. The van der Waals surface area contributed by atoms with Gasteiger partial charge in [0.15, 0.2) is 6.17 Å². The molecule has 0 aliphatic carbocycles. The molecule has 0 saturated heterocycles. The molecule has 8 heavy (non-hydrogen) atoms. The van der Waals surface area contributed by atoms with Crippen molar-refractivity contribution in [1.82, 2.24) is 0 Å². The minimum absolute atomic E-state index is 0.282. The summed E-state index contributed by atoms with van der Waals surface area (Å²) in [5.41, 5.74) is 4.84. The first-order valence-corrected chi connectivity index (χ1v) is 2.03. The Balaban J connectivity index is 3.66. The molecule has 0 spiro atoms.